The monoisotopic (exact) mass is 176 g/mol. The predicted molar refractivity (Wildman–Crippen MR) is 55.9 cm³/mol. The Bertz CT molecular complexity index is 53.3. The summed E-state index contributed by atoms with van der Waals surface area (Å²) < 4.78 is 0. The van der Waals surface area contributed by atoms with E-state index in [1.807, 2.05) is 0 Å². The number of hydrogen-bond donors (Lipinski definition) is 0. The van der Waals surface area contributed by atoms with E-state index in [9.17, 15) is 0 Å². The fraction of sp³-hybridized carbons (Fsp3) is 1.00. The summed E-state index contributed by atoms with van der Waals surface area (Å²) in [6.45, 7) is 9.92. The van der Waals surface area contributed by atoms with Gasteiger partial charge in [-0.15, -0.1) is 0 Å². The predicted octanol–water partition coefficient (Wildman–Crippen LogP) is 1.04. The molecule has 0 atom stereocenters. The number of rotatable bonds is 4. The van der Waals surface area contributed by atoms with Crippen LogP contribution in [0.3, 0.4) is 0 Å². The lowest BCUT2D eigenvalue weighted by Crippen LogP contribution is -2.10. The zero-order valence-corrected chi connectivity index (χ0v) is 11.0. The molecule has 0 aromatic rings. The molecule has 56 valence electrons. The molecule has 0 N–H and O–H groups in total. The third-order valence-corrected chi connectivity index (χ3v) is 14.1. The van der Waals surface area contributed by atoms with Crippen molar-refractivity contribution >= 4 is 27.1 Å². The third-order valence-electron chi connectivity index (χ3n) is 1.56. The van der Waals surface area contributed by atoms with Crippen molar-refractivity contribution in [3.05, 3.63) is 0 Å². The highest BCUT2D eigenvalue weighted by Crippen LogP contribution is 1.94. The van der Waals surface area contributed by atoms with Gasteiger partial charge in [0.2, 0.25) is 0 Å². The molecule has 3 heteroatoms. The Hall–Kier alpha value is 0.651. The molecule has 0 aliphatic rings. The lowest BCUT2D eigenvalue weighted by Gasteiger charge is -2.02. The lowest BCUT2D eigenvalue weighted by atomic mass is 11.8. The Kier molecular flexibility index (Phi) is 5.83. The second kappa shape index (κ2) is 5.44. The van der Waals surface area contributed by atoms with Gasteiger partial charge in [0, 0.05) is 27.1 Å². The highest BCUT2D eigenvalue weighted by molar-refractivity contribution is 6.75. The van der Waals surface area contributed by atoms with Crippen molar-refractivity contribution in [3.63, 3.8) is 0 Å². The van der Waals surface area contributed by atoms with Gasteiger partial charge in [-0.25, -0.2) is 0 Å². The van der Waals surface area contributed by atoms with Crippen LogP contribution in [-0.4, -0.2) is 27.1 Å². The van der Waals surface area contributed by atoms with Crippen molar-refractivity contribution < 1.29 is 0 Å². The molecule has 9 heavy (non-hydrogen) atoms. The third kappa shape index (κ3) is 8.65. The Morgan fingerprint density at radius 1 is 0.889 bits per heavy atom. The SMILES string of the molecule is C[SiH](C)C[SiH2]C[SiH](C)C. The minimum absolute atomic E-state index is 0.145. The first-order valence-electron chi connectivity index (χ1n) is 4.13. The maximum atomic E-state index is 2.48. The molecule has 0 fully saturated rings. The van der Waals surface area contributed by atoms with Gasteiger partial charge in [-0.3, -0.25) is 0 Å². The average molecular weight is 176 g/mol. The van der Waals surface area contributed by atoms with E-state index < -0.39 is 0 Å². The van der Waals surface area contributed by atoms with Crippen molar-refractivity contribution in [2.45, 2.75) is 37.5 Å². The second-order valence-corrected chi connectivity index (χ2v) is 14.6. The zero-order chi connectivity index (χ0) is 7.28. The zero-order valence-electron chi connectivity index (χ0n) is 7.28. The summed E-state index contributed by atoms with van der Waals surface area (Å²) in [5, 5.41) is 0. The van der Waals surface area contributed by atoms with Crippen molar-refractivity contribution in [1.82, 2.24) is 0 Å². The second-order valence-electron chi connectivity index (χ2n) is 3.72. The molecule has 0 aliphatic carbocycles. The average Bonchev–Trinajstić information content (AvgIpc) is 1.63. The molecule has 0 spiro atoms. The molecule has 0 aromatic heterocycles. The summed E-state index contributed by atoms with van der Waals surface area (Å²) in [4.78, 5) is 0. The molecule has 0 rings (SSSR count). The first kappa shape index (κ1) is 9.65. The van der Waals surface area contributed by atoms with E-state index in [1.165, 1.54) is 0 Å². The van der Waals surface area contributed by atoms with Crippen LogP contribution in [0.1, 0.15) is 0 Å². The molecule has 0 unspecified atom stereocenters. The van der Waals surface area contributed by atoms with Gasteiger partial charge in [-0.2, -0.15) is 0 Å². The van der Waals surface area contributed by atoms with Crippen molar-refractivity contribution in [1.29, 1.82) is 0 Å². The Morgan fingerprint density at radius 2 is 1.22 bits per heavy atom. The van der Waals surface area contributed by atoms with E-state index in [-0.39, 0.29) is 17.6 Å². The molecule has 0 heterocycles. The van der Waals surface area contributed by atoms with Crippen molar-refractivity contribution in [3.8, 4) is 0 Å². The van der Waals surface area contributed by atoms with E-state index in [0.717, 1.165) is 0 Å². The van der Waals surface area contributed by atoms with E-state index in [0.29, 0.717) is 9.52 Å². The summed E-state index contributed by atoms with van der Waals surface area (Å²) in [6.07, 6.45) is 0. The van der Waals surface area contributed by atoms with E-state index in [1.54, 1.807) is 11.3 Å². The topological polar surface area (TPSA) is 0 Å². The molecule has 0 nitrogen and oxygen atoms in total. The molecule has 0 radical (unpaired) electrons. The highest BCUT2D eigenvalue weighted by atomic mass is 28.3. The smallest absolute Gasteiger partial charge is 0.0274 e. The van der Waals surface area contributed by atoms with Crippen LogP contribution in [0.5, 0.6) is 0 Å². The van der Waals surface area contributed by atoms with Crippen LogP contribution in [0, 0.1) is 0 Å². The summed E-state index contributed by atoms with van der Waals surface area (Å²) in [5.74, 6) is 0. The fourth-order valence-corrected chi connectivity index (χ4v) is 10.5. The highest BCUT2D eigenvalue weighted by Gasteiger charge is 1.98. The van der Waals surface area contributed by atoms with Crippen LogP contribution < -0.4 is 0 Å². The maximum absolute atomic E-state index is 2.48. The van der Waals surface area contributed by atoms with Crippen LogP contribution in [0.2, 0.25) is 37.5 Å². The normalized spacial score (nSPS) is 11.3. The van der Waals surface area contributed by atoms with Crippen LogP contribution in [0.4, 0.5) is 0 Å². The molecule has 0 amide bonds. The van der Waals surface area contributed by atoms with Crippen LogP contribution in [0.15, 0.2) is 0 Å². The Labute approximate surface area is 65.1 Å². The summed E-state index contributed by atoms with van der Waals surface area (Å²) in [6, 6.07) is 0. The summed E-state index contributed by atoms with van der Waals surface area (Å²) in [5.41, 5.74) is 3.43. The van der Waals surface area contributed by atoms with Gasteiger partial charge < -0.3 is 0 Å². The largest absolute Gasteiger partial charge is 0.0724 e. The van der Waals surface area contributed by atoms with Gasteiger partial charge in [0.05, 0.1) is 0 Å². The Balaban J connectivity index is 2.91. The molecular formula is C6H20Si3. The van der Waals surface area contributed by atoms with E-state index >= 15 is 0 Å². The number of hydrogen-bond acceptors (Lipinski definition) is 0. The first-order valence-corrected chi connectivity index (χ1v) is 12.4. The van der Waals surface area contributed by atoms with Crippen molar-refractivity contribution in [2.24, 2.45) is 0 Å². The molecule has 0 aliphatic heterocycles. The van der Waals surface area contributed by atoms with Crippen molar-refractivity contribution in [2.75, 3.05) is 0 Å². The summed E-state index contributed by atoms with van der Waals surface area (Å²) >= 11 is 0. The van der Waals surface area contributed by atoms with Gasteiger partial charge in [0.15, 0.2) is 0 Å². The molecular weight excluding hydrogens is 156 g/mol. The van der Waals surface area contributed by atoms with Crippen LogP contribution in [0.25, 0.3) is 0 Å². The van der Waals surface area contributed by atoms with Crippen LogP contribution in [-0.2, 0) is 0 Å². The molecule has 0 saturated heterocycles. The van der Waals surface area contributed by atoms with Crippen LogP contribution >= 0.6 is 0 Å². The van der Waals surface area contributed by atoms with Gasteiger partial charge in [0.1, 0.15) is 0 Å². The minimum Gasteiger partial charge on any atom is -0.0724 e. The quantitative estimate of drug-likeness (QED) is 0.562. The van der Waals surface area contributed by atoms with Gasteiger partial charge >= 0.3 is 0 Å². The maximum Gasteiger partial charge on any atom is 0.0274 e. The van der Waals surface area contributed by atoms with Gasteiger partial charge in [-0.1, -0.05) is 37.5 Å². The van der Waals surface area contributed by atoms with Gasteiger partial charge in [-0.05, 0) is 0 Å². The van der Waals surface area contributed by atoms with E-state index in [2.05, 4.69) is 26.2 Å². The molecule has 0 bridgehead atoms. The standard InChI is InChI=1S/C6H20Si3/c1-8(2)5-7-6-9(3)4/h8-9H,5-7H2,1-4H3. The van der Waals surface area contributed by atoms with Gasteiger partial charge in [0.25, 0.3) is 0 Å². The lowest BCUT2D eigenvalue weighted by molar-refractivity contribution is 1.71. The first-order chi connectivity index (χ1) is 4.13. The summed E-state index contributed by atoms with van der Waals surface area (Å²) in [7, 11) is 0.149. The molecule has 0 saturated carbocycles. The van der Waals surface area contributed by atoms with E-state index in [4.69, 9.17) is 0 Å². The minimum atomic E-state index is -0.145. The fourth-order valence-electron chi connectivity index (χ4n) is 0.934. The molecule has 0 aromatic carbocycles. The Morgan fingerprint density at radius 3 is 1.44 bits per heavy atom.